The van der Waals surface area contributed by atoms with Gasteiger partial charge in [0.15, 0.2) is 11.5 Å². The summed E-state index contributed by atoms with van der Waals surface area (Å²) >= 11 is 5.87. The van der Waals surface area contributed by atoms with Crippen LogP contribution in [0.1, 0.15) is 12.5 Å². The number of carbonyl (C=O) groups excluding carboxylic acids is 3. The lowest BCUT2D eigenvalue weighted by atomic mass is 10.1. The van der Waals surface area contributed by atoms with Gasteiger partial charge in [-0.2, -0.15) is 0 Å². The number of hydrogen-bond acceptors (Lipinski definition) is 5. The molecule has 7 nitrogen and oxygen atoms in total. The second kappa shape index (κ2) is 9.16. The summed E-state index contributed by atoms with van der Waals surface area (Å²) in [6.07, 6.45) is 6.59. The molecule has 0 spiro atoms. The largest absolute Gasteiger partial charge is 0.490 e. The van der Waals surface area contributed by atoms with Crippen LogP contribution in [0.4, 0.5) is 10.5 Å². The molecule has 3 rings (SSSR count). The number of nitrogens with one attached hydrogen (secondary N) is 1. The molecule has 152 valence electrons. The quantitative estimate of drug-likeness (QED) is 0.436. The lowest BCUT2D eigenvalue weighted by molar-refractivity contribution is -0.122. The normalized spacial score (nSPS) is 15.0. The summed E-state index contributed by atoms with van der Waals surface area (Å²) < 4.78 is 11.0. The first-order valence-corrected chi connectivity index (χ1v) is 9.32. The highest BCUT2D eigenvalue weighted by Gasteiger charge is 2.36. The maximum absolute atomic E-state index is 12.9. The second-order valence-electron chi connectivity index (χ2n) is 6.07. The third-order valence-electron chi connectivity index (χ3n) is 4.08. The maximum atomic E-state index is 12.9. The summed E-state index contributed by atoms with van der Waals surface area (Å²) in [6.45, 7) is 2.26. The van der Waals surface area contributed by atoms with Gasteiger partial charge in [-0.1, -0.05) is 23.6 Å². The molecule has 4 amide bonds. The number of barbiturate groups is 1. The minimum atomic E-state index is -0.836. The molecule has 1 fully saturated rings. The van der Waals surface area contributed by atoms with Gasteiger partial charge in [-0.05, 0) is 55.0 Å². The molecule has 0 bridgehead atoms. The molecule has 2 aromatic rings. The number of amides is 4. The SMILES string of the molecule is C#CCOc1ccc(C=C2C(=O)NC(=O)N(c3ccc(Cl)cc3)C2=O)cc1OCC. The molecule has 1 heterocycles. The Morgan fingerprint density at radius 1 is 1.10 bits per heavy atom. The fraction of sp³-hybridized carbons (Fsp3) is 0.136. The third-order valence-corrected chi connectivity index (χ3v) is 4.33. The van der Waals surface area contributed by atoms with Crippen molar-refractivity contribution in [1.29, 1.82) is 0 Å². The zero-order valence-corrected chi connectivity index (χ0v) is 16.7. The van der Waals surface area contributed by atoms with Crippen LogP contribution < -0.4 is 19.7 Å². The van der Waals surface area contributed by atoms with Crippen LogP contribution in [0, 0.1) is 12.3 Å². The monoisotopic (exact) mass is 424 g/mol. The summed E-state index contributed by atoms with van der Waals surface area (Å²) in [5, 5.41) is 2.62. The van der Waals surface area contributed by atoms with E-state index in [0.29, 0.717) is 28.7 Å². The first-order chi connectivity index (χ1) is 14.4. The number of urea groups is 1. The van der Waals surface area contributed by atoms with E-state index < -0.39 is 17.8 Å². The summed E-state index contributed by atoms with van der Waals surface area (Å²) in [5.41, 5.74) is 0.591. The molecule has 0 saturated carbocycles. The van der Waals surface area contributed by atoms with Gasteiger partial charge in [0.2, 0.25) is 0 Å². The van der Waals surface area contributed by atoms with Crippen LogP contribution >= 0.6 is 11.6 Å². The maximum Gasteiger partial charge on any atom is 0.335 e. The standard InChI is InChI=1S/C22H17ClN2O5/c1-3-11-30-18-10-5-14(13-19(18)29-4-2)12-17-20(26)24-22(28)25(21(17)27)16-8-6-15(23)7-9-16/h1,5-10,12-13H,4,11H2,2H3,(H,24,26,28). The molecule has 0 unspecified atom stereocenters. The van der Waals surface area contributed by atoms with Crippen LogP contribution in [0.15, 0.2) is 48.0 Å². The minimum absolute atomic E-state index is 0.0690. The molecule has 2 aromatic carbocycles. The Bertz CT molecular complexity index is 1070. The van der Waals surface area contributed by atoms with Crippen LogP contribution in [-0.4, -0.2) is 31.1 Å². The van der Waals surface area contributed by atoms with Crippen molar-refractivity contribution in [3.05, 3.63) is 58.6 Å². The molecule has 1 aliphatic rings. The van der Waals surface area contributed by atoms with Gasteiger partial charge in [0.1, 0.15) is 12.2 Å². The van der Waals surface area contributed by atoms with Gasteiger partial charge in [0.25, 0.3) is 11.8 Å². The predicted molar refractivity (Wildman–Crippen MR) is 112 cm³/mol. The molecule has 0 aromatic heterocycles. The first kappa shape index (κ1) is 21.0. The number of carbonyl (C=O) groups is 3. The third kappa shape index (κ3) is 4.45. The van der Waals surface area contributed by atoms with Crippen molar-refractivity contribution in [2.75, 3.05) is 18.1 Å². The van der Waals surface area contributed by atoms with Crippen LogP contribution in [0.2, 0.25) is 5.02 Å². The van der Waals surface area contributed by atoms with Crippen molar-refractivity contribution < 1.29 is 23.9 Å². The molecule has 0 radical (unpaired) electrons. The number of ether oxygens (including phenoxy) is 2. The van der Waals surface area contributed by atoms with Gasteiger partial charge in [-0.3, -0.25) is 14.9 Å². The molecular weight excluding hydrogens is 408 g/mol. The minimum Gasteiger partial charge on any atom is -0.490 e. The smallest absolute Gasteiger partial charge is 0.335 e. The van der Waals surface area contributed by atoms with Gasteiger partial charge in [0.05, 0.1) is 12.3 Å². The Hall–Kier alpha value is -3.76. The summed E-state index contributed by atoms with van der Waals surface area (Å²) in [7, 11) is 0. The fourth-order valence-electron chi connectivity index (χ4n) is 2.77. The van der Waals surface area contributed by atoms with E-state index in [9.17, 15) is 14.4 Å². The Labute approximate surface area is 178 Å². The number of anilines is 1. The number of terminal acetylenes is 1. The number of imide groups is 2. The fourth-order valence-corrected chi connectivity index (χ4v) is 2.90. The Kier molecular flexibility index (Phi) is 6.40. The summed E-state index contributed by atoms with van der Waals surface area (Å²) in [4.78, 5) is 38.4. The molecule has 0 atom stereocenters. The summed E-state index contributed by atoms with van der Waals surface area (Å²) in [5.74, 6) is 1.68. The van der Waals surface area contributed by atoms with E-state index in [1.165, 1.54) is 18.2 Å². The number of nitrogens with zero attached hydrogens (tertiary/aromatic N) is 1. The van der Waals surface area contributed by atoms with E-state index in [0.717, 1.165) is 4.90 Å². The average Bonchev–Trinajstić information content (AvgIpc) is 2.72. The van der Waals surface area contributed by atoms with E-state index in [2.05, 4.69) is 11.2 Å². The molecule has 1 aliphatic heterocycles. The molecule has 0 aliphatic carbocycles. The van der Waals surface area contributed by atoms with Crippen LogP contribution in [-0.2, 0) is 9.59 Å². The van der Waals surface area contributed by atoms with E-state index in [-0.39, 0.29) is 17.9 Å². The zero-order chi connectivity index (χ0) is 21.7. The van der Waals surface area contributed by atoms with E-state index in [4.69, 9.17) is 27.5 Å². The molecule has 1 N–H and O–H groups in total. The topological polar surface area (TPSA) is 84.9 Å². The van der Waals surface area contributed by atoms with Crippen molar-refractivity contribution >= 4 is 41.2 Å². The number of rotatable bonds is 6. The van der Waals surface area contributed by atoms with E-state index >= 15 is 0 Å². The van der Waals surface area contributed by atoms with Crippen molar-refractivity contribution in [1.82, 2.24) is 5.32 Å². The Balaban J connectivity index is 1.96. The molecule has 8 heteroatoms. The second-order valence-corrected chi connectivity index (χ2v) is 6.50. The average molecular weight is 425 g/mol. The highest BCUT2D eigenvalue weighted by atomic mass is 35.5. The van der Waals surface area contributed by atoms with Crippen molar-refractivity contribution in [2.24, 2.45) is 0 Å². The number of benzene rings is 2. The van der Waals surface area contributed by atoms with Gasteiger partial charge in [-0.15, -0.1) is 6.42 Å². The Morgan fingerprint density at radius 2 is 1.83 bits per heavy atom. The molecular formula is C22H17ClN2O5. The highest BCUT2D eigenvalue weighted by molar-refractivity contribution is 6.39. The van der Waals surface area contributed by atoms with Gasteiger partial charge in [0, 0.05) is 5.02 Å². The molecule has 30 heavy (non-hydrogen) atoms. The van der Waals surface area contributed by atoms with Gasteiger partial charge in [-0.25, -0.2) is 9.69 Å². The van der Waals surface area contributed by atoms with Crippen LogP contribution in [0.25, 0.3) is 6.08 Å². The lowest BCUT2D eigenvalue weighted by Crippen LogP contribution is -2.54. The van der Waals surface area contributed by atoms with Gasteiger partial charge < -0.3 is 9.47 Å². The molecule has 1 saturated heterocycles. The number of halogens is 1. The highest BCUT2D eigenvalue weighted by Crippen LogP contribution is 2.30. The van der Waals surface area contributed by atoms with Crippen LogP contribution in [0.5, 0.6) is 11.5 Å². The zero-order valence-electron chi connectivity index (χ0n) is 16.0. The number of hydrogen-bond donors (Lipinski definition) is 1. The van der Waals surface area contributed by atoms with E-state index in [1.807, 2.05) is 6.92 Å². The van der Waals surface area contributed by atoms with Crippen molar-refractivity contribution in [3.8, 4) is 23.8 Å². The lowest BCUT2D eigenvalue weighted by Gasteiger charge is -2.26. The van der Waals surface area contributed by atoms with Crippen molar-refractivity contribution in [2.45, 2.75) is 6.92 Å². The predicted octanol–water partition coefficient (Wildman–Crippen LogP) is 3.42. The Morgan fingerprint density at radius 3 is 2.50 bits per heavy atom. The summed E-state index contributed by atoms with van der Waals surface area (Å²) in [6, 6.07) is 10.2. The van der Waals surface area contributed by atoms with Gasteiger partial charge >= 0.3 is 6.03 Å². The van der Waals surface area contributed by atoms with E-state index in [1.54, 1.807) is 30.3 Å². The first-order valence-electron chi connectivity index (χ1n) is 8.94. The van der Waals surface area contributed by atoms with Crippen LogP contribution in [0.3, 0.4) is 0 Å². The van der Waals surface area contributed by atoms with Crippen molar-refractivity contribution in [3.63, 3.8) is 0 Å².